The third-order valence-electron chi connectivity index (χ3n) is 2.32. The maximum Gasteiger partial charge on any atom is 0.283 e. The number of nitrogens with zero attached hydrogens (tertiary/aromatic N) is 1. The highest BCUT2D eigenvalue weighted by molar-refractivity contribution is 7.87. The molecule has 0 aliphatic carbocycles. The van der Waals surface area contributed by atoms with Gasteiger partial charge >= 0.3 is 0 Å². The molecule has 0 N–H and O–H groups in total. The van der Waals surface area contributed by atoms with Crippen LogP contribution in [-0.2, 0) is 10.7 Å². The fourth-order valence-electron chi connectivity index (χ4n) is 1.43. The van der Waals surface area contributed by atoms with Gasteiger partial charge in [-0.05, 0) is 30.5 Å². The summed E-state index contributed by atoms with van der Waals surface area (Å²) in [5.74, 6) is -0.153. The van der Waals surface area contributed by atoms with Crippen molar-refractivity contribution in [1.29, 1.82) is 0 Å². The van der Waals surface area contributed by atoms with Gasteiger partial charge in [-0.3, -0.25) is 4.79 Å². The molecule has 0 radical (unpaired) electrons. The summed E-state index contributed by atoms with van der Waals surface area (Å²) in [5, 5.41) is 0. The van der Waals surface area contributed by atoms with Gasteiger partial charge in [0.25, 0.3) is 5.91 Å². The summed E-state index contributed by atoms with van der Waals surface area (Å²) in [6, 6.07) is 19.0. The zero-order valence-corrected chi connectivity index (χ0v) is 10.4. The lowest BCUT2D eigenvalue weighted by atomic mass is 10.2. The van der Waals surface area contributed by atoms with Crippen LogP contribution in [0.1, 0.15) is 10.4 Å². The molecule has 17 heavy (non-hydrogen) atoms. The number of hydrogen-bond acceptors (Lipinski definition) is 1. The second-order valence-electron chi connectivity index (χ2n) is 3.55. The van der Waals surface area contributed by atoms with Gasteiger partial charge in [-0.2, -0.15) is 4.36 Å². The number of hydrogen-bond donors (Lipinski definition) is 0. The first kappa shape index (κ1) is 11.7. The van der Waals surface area contributed by atoms with Gasteiger partial charge in [0.2, 0.25) is 0 Å². The highest BCUT2D eigenvalue weighted by Gasteiger charge is 2.03. The molecule has 1 atom stereocenters. The Hall–Kier alpha value is -1.74. The van der Waals surface area contributed by atoms with Gasteiger partial charge in [0.1, 0.15) is 0 Å². The van der Waals surface area contributed by atoms with Crippen molar-refractivity contribution in [2.75, 3.05) is 6.26 Å². The summed E-state index contributed by atoms with van der Waals surface area (Å²) in [7, 11) is -0.389. The molecule has 0 saturated carbocycles. The van der Waals surface area contributed by atoms with E-state index in [1.165, 1.54) is 0 Å². The Morgan fingerprint density at radius 1 is 0.941 bits per heavy atom. The maximum atomic E-state index is 11.9. The average Bonchev–Trinajstić information content (AvgIpc) is 2.40. The minimum atomic E-state index is -0.389. The van der Waals surface area contributed by atoms with Crippen LogP contribution in [0.5, 0.6) is 0 Å². The van der Waals surface area contributed by atoms with Gasteiger partial charge in [0, 0.05) is 10.5 Å². The van der Waals surface area contributed by atoms with Crippen LogP contribution in [0.15, 0.2) is 69.9 Å². The van der Waals surface area contributed by atoms with Crippen molar-refractivity contribution in [3.05, 3.63) is 66.2 Å². The van der Waals surface area contributed by atoms with Crippen LogP contribution in [0.25, 0.3) is 0 Å². The maximum absolute atomic E-state index is 11.9. The molecule has 2 aromatic carbocycles. The van der Waals surface area contributed by atoms with Crippen molar-refractivity contribution in [3.8, 4) is 0 Å². The molecule has 2 nitrogen and oxygen atoms in total. The fourth-order valence-corrected chi connectivity index (χ4v) is 2.44. The summed E-state index contributed by atoms with van der Waals surface area (Å²) in [5.41, 5.74) is 0.641. The van der Waals surface area contributed by atoms with E-state index in [4.69, 9.17) is 0 Å². The lowest BCUT2D eigenvalue weighted by molar-refractivity contribution is 0.101. The van der Waals surface area contributed by atoms with E-state index in [9.17, 15) is 4.79 Å². The average molecular weight is 243 g/mol. The number of amides is 1. The van der Waals surface area contributed by atoms with Crippen LogP contribution in [0.3, 0.4) is 0 Å². The van der Waals surface area contributed by atoms with Crippen LogP contribution in [0.4, 0.5) is 0 Å². The quantitative estimate of drug-likeness (QED) is 0.795. The van der Waals surface area contributed by atoms with E-state index >= 15 is 0 Å². The molecule has 1 unspecified atom stereocenters. The van der Waals surface area contributed by atoms with Gasteiger partial charge in [0.05, 0.1) is 0 Å². The van der Waals surface area contributed by atoms with Gasteiger partial charge in [-0.1, -0.05) is 47.1 Å². The van der Waals surface area contributed by atoms with E-state index in [0.717, 1.165) is 4.90 Å². The first-order valence-electron chi connectivity index (χ1n) is 5.29. The standard InChI is InChI=1S/C14H13NOS/c1-17(13-10-6-3-7-11-13)15-14(16)12-8-4-2-5-9-12/h2-11H,1H3. The largest absolute Gasteiger partial charge is 0.283 e. The first-order valence-corrected chi connectivity index (χ1v) is 6.88. The molecule has 1 amide bonds. The van der Waals surface area contributed by atoms with Crippen LogP contribution in [-0.4, -0.2) is 12.2 Å². The second kappa shape index (κ2) is 5.55. The minimum Gasteiger partial charge on any atom is -0.266 e. The summed E-state index contributed by atoms with van der Waals surface area (Å²) < 4.78 is 4.21. The molecule has 3 heteroatoms. The van der Waals surface area contributed by atoms with Gasteiger partial charge < -0.3 is 0 Å². The molecule has 0 aromatic heterocycles. The lowest BCUT2D eigenvalue weighted by Crippen LogP contribution is -1.97. The van der Waals surface area contributed by atoms with Crippen LogP contribution < -0.4 is 0 Å². The Morgan fingerprint density at radius 3 is 2.06 bits per heavy atom. The Labute approximate surface area is 103 Å². The summed E-state index contributed by atoms with van der Waals surface area (Å²) in [6.45, 7) is 0. The molecule has 0 heterocycles. The first-order chi connectivity index (χ1) is 8.27. The van der Waals surface area contributed by atoms with Crippen molar-refractivity contribution in [3.63, 3.8) is 0 Å². The zero-order chi connectivity index (χ0) is 12.1. The highest BCUT2D eigenvalue weighted by Crippen LogP contribution is 2.08. The van der Waals surface area contributed by atoms with Gasteiger partial charge in [0.15, 0.2) is 0 Å². The smallest absolute Gasteiger partial charge is 0.266 e. The van der Waals surface area contributed by atoms with Crippen molar-refractivity contribution in [2.45, 2.75) is 4.90 Å². The molecule has 2 aromatic rings. The number of carbonyl (C=O) groups is 1. The predicted octanol–water partition coefficient (Wildman–Crippen LogP) is 3.32. The Bertz CT molecular complexity index is 535. The number of carbonyl (C=O) groups excluding carboxylic acids is 1. The van der Waals surface area contributed by atoms with Crippen LogP contribution in [0, 0.1) is 0 Å². The summed E-state index contributed by atoms with van der Waals surface area (Å²) in [4.78, 5) is 12.9. The molecule has 0 saturated heterocycles. The Balaban J connectivity index is 2.24. The normalized spacial score (nSPS) is 12.3. The Morgan fingerprint density at radius 2 is 1.47 bits per heavy atom. The minimum absolute atomic E-state index is 0.153. The molecule has 0 fully saturated rings. The third-order valence-corrected chi connectivity index (χ3v) is 3.72. The van der Waals surface area contributed by atoms with Gasteiger partial charge in [-0.15, -0.1) is 0 Å². The van der Waals surface area contributed by atoms with E-state index in [-0.39, 0.29) is 16.6 Å². The molecule has 0 bridgehead atoms. The number of benzene rings is 2. The molecular formula is C14H13NOS. The monoisotopic (exact) mass is 243 g/mol. The molecule has 86 valence electrons. The van der Waals surface area contributed by atoms with Crippen molar-refractivity contribution in [1.82, 2.24) is 0 Å². The van der Waals surface area contributed by atoms with Crippen molar-refractivity contribution in [2.24, 2.45) is 4.36 Å². The lowest BCUT2D eigenvalue weighted by Gasteiger charge is -2.01. The van der Waals surface area contributed by atoms with Crippen molar-refractivity contribution < 1.29 is 4.79 Å². The molecule has 0 spiro atoms. The van der Waals surface area contributed by atoms with E-state index in [2.05, 4.69) is 4.36 Å². The van der Waals surface area contributed by atoms with Crippen LogP contribution >= 0.6 is 0 Å². The second-order valence-corrected chi connectivity index (χ2v) is 5.16. The van der Waals surface area contributed by atoms with Crippen molar-refractivity contribution >= 4 is 16.6 Å². The van der Waals surface area contributed by atoms with Gasteiger partial charge in [-0.25, -0.2) is 0 Å². The SMILES string of the molecule is CS(=NC(=O)c1ccccc1)c1ccccc1. The summed E-state index contributed by atoms with van der Waals surface area (Å²) in [6.07, 6.45) is 1.95. The predicted molar refractivity (Wildman–Crippen MR) is 71.2 cm³/mol. The topological polar surface area (TPSA) is 29.4 Å². The van der Waals surface area contributed by atoms with E-state index < -0.39 is 0 Å². The van der Waals surface area contributed by atoms with E-state index in [1.54, 1.807) is 12.1 Å². The Kier molecular flexibility index (Phi) is 3.83. The molecule has 0 aliphatic heterocycles. The fraction of sp³-hybridized carbons (Fsp3) is 0.0714. The van der Waals surface area contributed by atoms with Crippen LogP contribution in [0.2, 0.25) is 0 Å². The zero-order valence-electron chi connectivity index (χ0n) is 9.54. The molecule has 2 rings (SSSR count). The number of rotatable bonds is 2. The molecular weight excluding hydrogens is 230 g/mol. The highest BCUT2D eigenvalue weighted by atomic mass is 32.2. The van der Waals surface area contributed by atoms with E-state index in [1.807, 2.05) is 54.8 Å². The van der Waals surface area contributed by atoms with E-state index in [0.29, 0.717) is 5.56 Å². The summed E-state index contributed by atoms with van der Waals surface area (Å²) >= 11 is 0. The third kappa shape index (κ3) is 3.11. The molecule has 0 aliphatic rings.